The molecular weight excluding hydrogens is 1040 g/mol. The first-order chi connectivity index (χ1) is 37.2. The molecular formula is C57H65F3N10O6S2. The molecule has 4 aliphatic rings. The van der Waals surface area contributed by atoms with Gasteiger partial charge in [0.25, 0.3) is 0 Å². The Balaban J connectivity index is 0.697. The summed E-state index contributed by atoms with van der Waals surface area (Å²) in [6, 6.07) is 18.9. The van der Waals surface area contributed by atoms with Crippen molar-refractivity contribution in [2.75, 3.05) is 57.1 Å². The fraction of sp³-hybridized carbons (Fsp3) is 0.421. The van der Waals surface area contributed by atoms with Crippen molar-refractivity contribution in [2.24, 2.45) is 5.41 Å². The van der Waals surface area contributed by atoms with Crippen LogP contribution in [0.5, 0.6) is 0 Å². The molecule has 6 aromatic rings. The van der Waals surface area contributed by atoms with Crippen LogP contribution in [0, 0.1) is 24.0 Å². The largest absolute Gasteiger partial charge is 0.391 e. The fourth-order valence-electron chi connectivity index (χ4n) is 11.1. The average molecular weight is 1110 g/mol. The third-order valence-corrected chi connectivity index (χ3v) is 18.2. The minimum absolute atomic E-state index is 0.00325. The summed E-state index contributed by atoms with van der Waals surface area (Å²) in [6.45, 7) is 15.7. The predicted octanol–water partition coefficient (Wildman–Crippen LogP) is 7.53. The number of nitrogens with zero attached hydrogens (tertiary/aromatic N) is 6. The number of aryl methyl sites for hydroxylation is 1. The van der Waals surface area contributed by atoms with Gasteiger partial charge in [-0.3, -0.25) is 28.9 Å². The number of alkyl halides is 1. The molecule has 4 saturated heterocycles. The van der Waals surface area contributed by atoms with E-state index in [1.165, 1.54) is 11.8 Å². The van der Waals surface area contributed by atoms with E-state index in [1.54, 1.807) is 28.5 Å². The highest BCUT2D eigenvalue weighted by molar-refractivity contribution is 7.90. The number of anilines is 1. The molecule has 21 heteroatoms. The van der Waals surface area contributed by atoms with E-state index in [9.17, 15) is 32.3 Å². The van der Waals surface area contributed by atoms with Gasteiger partial charge in [-0.15, -0.1) is 11.3 Å². The first-order valence-electron chi connectivity index (χ1n) is 26.4. The Hall–Kier alpha value is -6.49. The summed E-state index contributed by atoms with van der Waals surface area (Å²) >= 11 is 1.61. The Kier molecular flexibility index (Phi) is 15.7. The van der Waals surface area contributed by atoms with Crippen molar-refractivity contribution < 1.29 is 41.1 Å². The van der Waals surface area contributed by atoms with Crippen molar-refractivity contribution in [3.8, 4) is 21.6 Å². The Morgan fingerprint density at radius 1 is 0.923 bits per heavy atom. The highest BCUT2D eigenvalue weighted by Crippen LogP contribution is 2.36. The molecule has 5 N–H and O–H groups in total. The first-order valence-corrected chi connectivity index (χ1v) is 28.7. The zero-order valence-corrected chi connectivity index (χ0v) is 45.7. The number of piperidine rings is 1. The molecule has 3 aromatic carbocycles. The lowest BCUT2D eigenvalue weighted by molar-refractivity contribution is -0.140. The van der Waals surface area contributed by atoms with Gasteiger partial charge in [0, 0.05) is 105 Å². The number of carbonyl (C=O) groups is 3. The zero-order valence-electron chi connectivity index (χ0n) is 44.1. The van der Waals surface area contributed by atoms with Gasteiger partial charge >= 0.3 is 10.2 Å². The van der Waals surface area contributed by atoms with Gasteiger partial charge in [0.1, 0.15) is 23.7 Å². The van der Waals surface area contributed by atoms with Gasteiger partial charge in [0.15, 0.2) is 5.82 Å². The van der Waals surface area contributed by atoms with E-state index in [0.717, 1.165) is 82.7 Å². The summed E-state index contributed by atoms with van der Waals surface area (Å²) in [4.78, 5) is 61.0. The van der Waals surface area contributed by atoms with Crippen LogP contribution >= 0.6 is 11.3 Å². The number of pyridine rings is 1. The van der Waals surface area contributed by atoms with Crippen molar-refractivity contribution in [3.63, 3.8) is 0 Å². The van der Waals surface area contributed by atoms with Crippen LogP contribution in [-0.4, -0.2) is 148 Å². The third-order valence-electron chi connectivity index (χ3n) is 15.7. The van der Waals surface area contributed by atoms with Crippen molar-refractivity contribution in [3.05, 3.63) is 136 Å². The second-order valence-electron chi connectivity index (χ2n) is 22.2. The maximum Gasteiger partial charge on any atom is 0.301 e. The summed E-state index contributed by atoms with van der Waals surface area (Å²) in [6.07, 6.45) is 3.04. The van der Waals surface area contributed by atoms with E-state index in [4.69, 9.17) is 0 Å². The molecule has 0 unspecified atom stereocenters. The molecule has 0 spiro atoms. The van der Waals surface area contributed by atoms with Crippen LogP contribution in [0.25, 0.3) is 32.6 Å². The van der Waals surface area contributed by atoms with Gasteiger partial charge in [-0.1, -0.05) is 75.9 Å². The monoisotopic (exact) mass is 1110 g/mol. The number of benzene rings is 3. The summed E-state index contributed by atoms with van der Waals surface area (Å²) in [5.41, 5.74) is 6.38. The minimum Gasteiger partial charge on any atom is -0.391 e. The molecule has 0 aliphatic carbocycles. The Bertz CT molecular complexity index is 3330. The van der Waals surface area contributed by atoms with Crippen molar-refractivity contribution in [1.82, 2.24) is 44.6 Å². The number of thiazole rings is 1. The van der Waals surface area contributed by atoms with Crippen LogP contribution in [-0.2, 0) is 26.3 Å². The van der Waals surface area contributed by atoms with Gasteiger partial charge in [-0.25, -0.2) is 23.1 Å². The average Bonchev–Trinajstić information content (AvgIpc) is 4.25. The van der Waals surface area contributed by atoms with Gasteiger partial charge in [-0.2, -0.15) is 12.7 Å². The van der Waals surface area contributed by atoms with Crippen LogP contribution in [0.15, 0.2) is 96.9 Å². The fourth-order valence-corrected chi connectivity index (χ4v) is 13.2. The number of aliphatic hydroxyl groups is 1. The Morgan fingerprint density at radius 3 is 2.31 bits per heavy atom. The maximum atomic E-state index is 15.8. The van der Waals surface area contributed by atoms with Crippen molar-refractivity contribution >= 4 is 55.9 Å². The number of nitrogens with one attached hydrogen (secondary N) is 4. The molecule has 78 heavy (non-hydrogen) atoms. The van der Waals surface area contributed by atoms with E-state index in [1.807, 2.05) is 50.1 Å². The van der Waals surface area contributed by atoms with Crippen molar-refractivity contribution in [1.29, 1.82) is 0 Å². The van der Waals surface area contributed by atoms with Gasteiger partial charge < -0.3 is 25.6 Å². The van der Waals surface area contributed by atoms with Crippen LogP contribution in [0.1, 0.15) is 85.1 Å². The van der Waals surface area contributed by atoms with E-state index >= 15 is 8.78 Å². The highest BCUT2D eigenvalue weighted by atomic mass is 32.2. The Labute approximate surface area is 456 Å². The molecule has 2 amide bonds. The topological polar surface area (TPSA) is 196 Å². The maximum absolute atomic E-state index is 15.8. The number of carbonyl (C=O) groups excluding carboxylic acids is 3. The van der Waals surface area contributed by atoms with Gasteiger partial charge in [0.2, 0.25) is 17.6 Å². The molecule has 0 radical (unpaired) electrons. The lowest BCUT2D eigenvalue weighted by atomic mass is 9.85. The number of aromatic amines is 1. The highest BCUT2D eigenvalue weighted by Gasteiger charge is 2.44. The van der Waals surface area contributed by atoms with E-state index in [2.05, 4.69) is 78.4 Å². The lowest BCUT2D eigenvalue weighted by Gasteiger charge is -2.47. The zero-order chi connectivity index (χ0) is 55.2. The minimum atomic E-state index is -4.37. The van der Waals surface area contributed by atoms with E-state index < -0.39 is 75.2 Å². The molecule has 4 fully saturated rings. The molecule has 7 heterocycles. The summed E-state index contributed by atoms with van der Waals surface area (Å²) in [5, 5.41) is 17.6. The van der Waals surface area contributed by atoms with Crippen LogP contribution < -0.4 is 15.4 Å². The number of amides is 2. The molecule has 0 bridgehead atoms. The Morgan fingerprint density at radius 2 is 1.64 bits per heavy atom. The predicted molar refractivity (Wildman–Crippen MR) is 295 cm³/mol. The lowest BCUT2D eigenvalue weighted by Crippen LogP contribution is -2.58. The number of fused-ring (bicyclic) bond motifs is 1. The second-order valence-corrected chi connectivity index (χ2v) is 24.7. The number of halogens is 3. The molecule has 4 aliphatic heterocycles. The van der Waals surface area contributed by atoms with Crippen LogP contribution in [0.3, 0.4) is 0 Å². The summed E-state index contributed by atoms with van der Waals surface area (Å²) < 4.78 is 73.4. The first kappa shape index (κ1) is 54.8. The molecule has 412 valence electrons. The quantitative estimate of drug-likeness (QED) is 0.0567. The number of H-pyrrole nitrogens is 1. The standard InChI is InChI=1S/C57H65F3N10O6S2/c1-33(61-24-35-6-8-38(9-7-35)53-34(2)64-32-77-53)48-23-43(71)30-70(48)56(74)54(57(3,4)5)65-49(72)31-67-19-17-42(18-20-67)68-27-40(28-68)37-12-10-36(11-13-37)39-22-44-45(26-63-55(44)62-25-39)52(73)50-46(59)14-15-47(51(50)60)66-78(75,76)69-21-16-41(58)29-69/h6-15,22,25-26,32,40-43,48,54,61,66,71H,1,16-21,23-24,27-31H2,2-5H3,(H,62,63)(H,65,72)/t41-,43-,48+,54-/m1/s1. The van der Waals surface area contributed by atoms with Gasteiger partial charge in [0.05, 0.1) is 46.0 Å². The van der Waals surface area contributed by atoms with E-state index in [-0.39, 0.29) is 43.4 Å². The summed E-state index contributed by atoms with van der Waals surface area (Å²) in [5.74, 6) is -3.71. The van der Waals surface area contributed by atoms with Crippen LogP contribution in [0.4, 0.5) is 18.9 Å². The summed E-state index contributed by atoms with van der Waals surface area (Å²) in [7, 11) is -4.37. The van der Waals surface area contributed by atoms with E-state index in [0.29, 0.717) is 47.2 Å². The van der Waals surface area contributed by atoms with Gasteiger partial charge in [-0.05, 0) is 72.1 Å². The molecule has 3 aromatic heterocycles. The third kappa shape index (κ3) is 11.6. The molecule has 0 saturated carbocycles. The number of aliphatic hydroxyl groups excluding tert-OH is 1. The molecule has 10 rings (SSSR count). The van der Waals surface area contributed by atoms with Crippen molar-refractivity contribution in [2.45, 2.75) is 96.2 Å². The number of hydrogen-bond acceptors (Lipinski definition) is 12. The number of likely N-dealkylation sites (tertiary alicyclic amines) is 3. The van der Waals surface area contributed by atoms with Crippen LogP contribution in [0.2, 0.25) is 0 Å². The molecule has 4 atom stereocenters. The smallest absolute Gasteiger partial charge is 0.301 e. The second kappa shape index (κ2) is 22.3. The SMILES string of the molecule is C=C(NCc1ccc(-c2scnc2C)cc1)[C@@H]1C[C@@H](O)CN1C(=O)[C@@H](NC(=O)CN1CCC(N2CC(c3ccc(-c4cnc5[nH]cc(C(=O)c6c(F)ccc(NS(=O)(=O)N7CC[C@@H](F)C7)c6F)c5c4)cc3)C2)CC1)C(C)(C)C. The number of ketones is 1. The number of hydrogen-bond donors (Lipinski definition) is 5. The number of aromatic nitrogens is 3. The molecule has 16 nitrogen and oxygen atoms in total. The normalized spacial score (nSPS) is 20.5. The number of rotatable bonds is 17. The number of β-amino-alcohol motifs (C(OH)–C–C–N with tert-alkyl or cyclic N) is 1.